The van der Waals surface area contributed by atoms with Crippen LogP contribution in [0.1, 0.15) is 11.1 Å². The van der Waals surface area contributed by atoms with Crippen molar-refractivity contribution in [1.82, 2.24) is 0 Å². The molecular weight excluding hydrogens is 460 g/mol. The lowest BCUT2D eigenvalue weighted by molar-refractivity contribution is 0.297. The standard InChI is InChI=1S/C25H21BrO5/c1-15-7-6-8-16(11-15)14-30-25-22(27)18-9-4-5-10-20(18)31-23(25)17-12-19(26)24(29-3)21(13-17)28-2/h4-13H,14H2,1-3H3. The second-order valence-electron chi connectivity index (χ2n) is 7.06. The highest BCUT2D eigenvalue weighted by molar-refractivity contribution is 9.10. The highest BCUT2D eigenvalue weighted by Crippen LogP contribution is 2.41. The predicted molar refractivity (Wildman–Crippen MR) is 124 cm³/mol. The van der Waals surface area contributed by atoms with Crippen LogP contribution in [0.2, 0.25) is 0 Å². The molecule has 4 rings (SSSR count). The van der Waals surface area contributed by atoms with Crippen LogP contribution in [0.4, 0.5) is 0 Å². The van der Waals surface area contributed by atoms with Gasteiger partial charge in [0.2, 0.25) is 11.2 Å². The Hall–Kier alpha value is -3.25. The van der Waals surface area contributed by atoms with Gasteiger partial charge in [0.25, 0.3) is 0 Å². The summed E-state index contributed by atoms with van der Waals surface area (Å²) in [5.41, 5.74) is 2.97. The van der Waals surface area contributed by atoms with Gasteiger partial charge in [-0.1, -0.05) is 42.0 Å². The Morgan fingerprint density at radius 2 is 1.74 bits per heavy atom. The number of hydrogen-bond acceptors (Lipinski definition) is 5. The van der Waals surface area contributed by atoms with E-state index in [-0.39, 0.29) is 17.8 Å². The fourth-order valence-electron chi connectivity index (χ4n) is 3.45. The summed E-state index contributed by atoms with van der Waals surface area (Å²) < 4.78 is 23.7. The van der Waals surface area contributed by atoms with E-state index in [1.54, 1.807) is 38.5 Å². The minimum Gasteiger partial charge on any atom is -0.493 e. The van der Waals surface area contributed by atoms with Gasteiger partial charge < -0.3 is 18.6 Å². The molecule has 0 aliphatic carbocycles. The van der Waals surface area contributed by atoms with Crippen molar-refractivity contribution in [1.29, 1.82) is 0 Å². The SMILES string of the molecule is COc1cc(-c2oc3ccccc3c(=O)c2OCc2cccc(C)c2)cc(Br)c1OC. The van der Waals surface area contributed by atoms with Crippen molar-refractivity contribution in [2.45, 2.75) is 13.5 Å². The molecule has 4 aromatic rings. The molecular formula is C25H21BrO5. The van der Waals surface area contributed by atoms with Gasteiger partial charge in [0.05, 0.1) is 24.1 Å². The van der Waals surface area contributed by atoms with Crippen LogP contribution in [0.5, 0.6) is 17.2 Å². The highest BCUT2D eigenvalue weighted by Gasteiger charge is 2.21. The fourth-order valence-corrected chi connectivity index (χ4v) is 4.06. The molecule has 0 aliphatic heterocycles. The first kappa shape index (κ1) is 21.0. The number of aryl methyl sites for hydroxylation is 1. The Balaban J connectivity index is 1.88. The Bertz CT molecular complexity index is 1310. The zero-order chi connectivity index (χ0) is 22.0. The molecule has 1 heterocycles. The van der Waals surface area contributed by atoms with Crippen LogP contribution in [0.25, 0.3) is 22.3 Å². The summed E-state index contributed by atoms with van der Waals surface area (Å²) in [6, 6.07) is 18.7. The smallest absolute Gasteiger partial charge is 0.235 e. The highest BCUT2D eigenvalue weighted by atomic mass is 79.9. The number of ether oxygens (including phenoxy) is 3. The molecule has 0 saturated carbocycles. The molecule has 0 unspecified atom stereocenters. The molecule has 5 nitrogen and oxygen atoms in total. The van der Waals surface area contributed by atoms with Crippen LogP contribution in [0.3, 0.4) is 0 Å². The van der Waals surface area contributed by atoms with E-state index in [1.165, 1.54) is 0 Å². The number of benzene rings is 3. The normalized spacial score (nSPS) is 10.8. The van der Waals surface area contributed by atoms with Crippen LogP contribution in [0, 0.1) is 6.92 Å². The van der Waals surface area contributed by atoms with E-state index >= 15 is 0 Å². The van der Waals surface area contributed by atoms with Crippen LogP contribution in [-0.4, -0.2) is 14.2 Å². The van der Waals surface area contributed by atoms with Crippen LogP contribution in [0.15, 0.2) is 74.3 Å². The van der Waals surface area contributed by atoms with Gasteiger partial charge in [-0.2, -0.15) is 0 Å². The zero-order valence-electron chi connectivity index (χ0n) is 17.4. The number of methoxy groups -OCH3 is 2. The van der Waals surface area contributed by atoms with Crippen molar-refractivity contribution in [3.63, 3.8) is 0 Å². The molecule has 0 N–H and O–H groups in total. The maximum absolute atomic E-state index is 13.3. The topological polar surface area (TPSA) is 57.9 Å². The molecule has 0 atom stereocenters. The van der Waals surface area contributed by atoms with Gasteiger partial charge >= 0.3 is 0 Å². The summed E-state index contributed by atoms with van der Waals surface area (Å²) in [5, 5.41) is 0.463. The number of para-hydroxylation sites is 1. The summed E-state index contributed by atoms with van der Waals surface area (Å²) in [6.45, 7) is 2.26. The second kappa shape index (κ2) is 8.86. The first-order valence-electron chi connectivity index (χ1n) is 9.68. The largest absolute Gasteiger partial charge is 0.493 e. The van der Waals surface area contributed by atoms with Crippen molar-refractivity contribution >= 4 is 26.9 Å². The molecule has 0 saturated heterocycles. The van der Waals surface area contributed by atoms with E-state index in [0.717, 1.165) is 11.1 Å². The van der Waals surface area contributed by atoms with Gasteiger partial charge in [-0.3, -0.25) is 4.79 Å². The van der Waals surface area contributed by atoms with Crippen LogP contribution >= 0.6 is 15.9 Å². The van der Waals surface area contributed by atoms with E-state index in [0.29, 0.717) is 38.3 Å². The van der Waals surface area contributed by atoms with Gasteiger partial charge in [0, 0.05) is 5.56 Å². The minimum absolute atomic E-state index is 0.152. The predicted octanol–water partition coefficient (Wildman–Crippen LogP) is 6.13. The van der Waals surface area contributed by atoms with E-state index in [2.05, 4.69) is 15.9 Å². The van der Waals surface area contributed by atoms with Crippen molar-refractivity contribution in [2.24, 2.45) is 0 Å². The molecule has 6 heteroatoms. The van der Waals surface area contributed by atoms with Gasteiger partial charge in [-0.25, -0.2) is 0 Å². The average Bonchev–Trinajstić information content (AvgIpc) is 2.77. The molecule has 158 valence electrons. The lowest BCUT2D eigenvalue weighted by atomic mass is 10.1. The van der Waals surface area contributed by atoms with Crippen LogP contribution < -0.4 is 19.6 Å². The molecule has 0 amide bonds. The number of hydrogen-bond donors (Lipinski definition) is 0. The van der Waals surface area contributed by atoms with Crippen molar-refractivity contribution in [3.8, 4) is 28.6 Å². The van der Waals surface area contributed by atoms with E-state index < -0.39 is 0 Å². The summed E-state index contributed by atoms with van der Waals surface area (Å²) in [5.74, 6) is 1.54. The first-order valence-corrected chi connectivity index (χ1v) is 10.5. The molecule has 0 aliphatic rings. The molecule has 0 bridgehead atoms. The average molecular weight is 481 g/mol. The number of halogens is 1. The zero-order valence-corrected chi connectivity index (χ0v) is 19.0. The third kappa shape index (κ3) is 4.16. The third-order valence-corrected chi connectivity index (χ3v) is 5.51. The lowest BCUT2D eigenvalue weighted by Gasteiger charge is -2.15. The quantitative estimate of drug-likeness (QED) is 0.332. The number of rotatable bonds is 6. The minimum atomic E-state index is -0.226. The van der Waals surface area contributed by atoms with E-state index in [1.807, 2.05) is 43.3 Å². The van der Waals surface area contributed by atoms with Crippen molar-refractivity contribution in [3.05, 3.63) is 86.5 Å². The summed E-state index contributed by atoms with van der Waals surface area (Å²) in [7, 11) is 3.12. The molecule has 0 radical (unpaired) electrons. The Labute approximate surface area is 188 Å². The maximum Gasteiger partial charge on any atom is 0.235 e. The maximum atomic E-state index is 13.3. The van der Waals surface area contributed by atoms with Crippen molar-refractivity contribution in [2.75, 3.05) is 14.2 Å². The summed E-state index contributed by atoms with van der Waals surface area (Å²) >= 11 is 3.51. The molecule has 31 heavy (non-hydrogen) atoms. The van der Waals surface area contributed by atoms with Gasteiger partial charge in [-0.05, 0) is 52.7 Å². The van der Waals surface area contributed by atoms with Gasteiger partial charge in [0.15, 0.2) is 17.3 Å². The third-order valence-electron chi connectivity index (χ3n) is 4.92. The fraction of sp³-hybridized carbons (Fsp3) is 0.160. The molecule has 1 aromatic heterocycles. The second-order valence-corrected chi connectivity index (χ2v) is 7.91. The lowest BCUT2D eigenvalue weighted by Crippen LogP contribution is -2.10. The summed E-state index contributed by atoms with van der Waals surface area (Å²) in [4.78, 5) is 13.3. The molecule has 3 aromatic carbocycles. The van der Waals surface area contributed by atoms with Gasteiger partial charge in [-0.15, -0.1) is 0 Å². The molecule has 0 fully saturated rings. The Morgan fingerprint density at radius 3 is 2.48 bits per heavy atom. The number of fused-ring (bicyclic) bond motifs is 1. The Kier molecular flexibility index (Phi) is 6.00. The molecule has 0 spiro atoms. The monoisotopic (exact) mass is 480 g/mol. The first-order chi connectivity index (χ1) is 15.0. The van der Waals surface area contributed by atoms with Crippen LogP contribution in [-0.2, 0) is 6.61 Å². The van der Waals surface area contributed by atoms with E-state index in [9.17, 15) is 4.79 Å². The Morgan fingerprint density at radius 1 is 0.935 bits per heavy atom. The van der Waals surface area contributed by atoms with Crippen molar-refractivity contribution < 1.29 is 18.6 Å². The summed E-state index contributed by atoms with van der Waals surface area (Å²) in [6.07, 6.45) is 0. The van der Waals surface area contributed by atoms with Gasteiger partial charge in [0.1, 0.15) is 12.2 Å². The van der Waals surface area contributed by atoms with E-state index in [4.69, 9.17) is 18.6 Å².